The average molecular weight is 568 g/mol. The second kappa shape index (κ2) is 12.2. The van der Waals surface area contributed by atoms with Gasteiger partial charge in [-0.15, -0.1) is 0 Å². The summed E-state index contributed by atoms with van der Waals surface area (Å²) in [6.07, 6.45) is 1.77. The van der Waals surface area contributed by atoms with Gasteiger partial charge in [0.25, 0.3) is 5.91 Å². The first-order valence-electron chi connectivity index (χ1n) is 13.7. The van der Waals surface area contributed by atoms with Gasteiger partial charge in [-0.3, -0.25) is 9.59 Å². The molecule has 1 aromatic heterocycles. The highest BCUT2D eigenvalue weighted by Crippen LogP contribution is 2.36. The lowest BCUT2D eigenvalue weighted by Crippen LogP contribution is -2.30. The molecule has 4 aromatic rings. The van der Waals surface area contributed by atoms with E-state index in [-0.39, 0.29) is 17.4 Å². The van der Waals surface area contributed by atoms with Crippen LogP contribution in [-0.2, 0) is 6.54 Å². The number of amides is 3. The number of hydrogen-bond donors (Lipinski definition) is 4. The quantitative estimate of drug-likeness (QED) is 0.163. The molecule has 216 valence electrons. The zero-order valence-electron chi connectivity index (χ0n) is 24.0. The monoisotopic (exact) mass is 567 g/mol. The Morgan fingerprint density at radius 2 is 1.71 bits per heavy atom. The van der Waals surface area contributed by atoms with Crippen LogP contribution in [0.2, 0.25) is 0 Å². The van der Waals surface area contributed by atoms with Crippen molar-refractivity contribution in [1.29, 1.82) is 0 Å². The van der Waals surface area contributed by atoms with E-state index in [2.05, 4.69) is 32.8 Å². The molecule has 4 N–H and O–H groups in total. The molecule has 0 bridgehead atoms. The first-order valence-corrected chi connectivity index (χ1v) is 13.7. The molecule has 0 saturated carbocycles. The summed E-state index contributed by atoms with van der Waals surface area (Å²) in [5, 5.41) is 12.2. The minimum atomic E-state index is -0.486. The number of aryl methyl sites for hydroxylation is 1. The maximum Gasteiger partial charge on any atom is 0.323 e. The maximum atomic E-state index is 13.4. The lowest BCUT2D eigenvalue weighted by atomic mass is 10.1. The maximum absolute atomic E-state index is 13.4. The molecule has 3 aromatic carbocycles. The van der Waals surface area contributed by atoms with E-state index in [4.69, 9.17) is 9.47 Å². The van der Waals surface area contributed by atoms with Crippen molar-refractivity contribution in [3.63, 3.8) is 0 Å². The van der Waals surface area contributed by atoms with Crippen molar-refractivity contribution >= 4 is 46.1 Å². The zero-order valence-corrected chi connectivity index (χ0v) is 24.0. The third-order valence-corrected chi connectivity index (χ3v) is 7.16. The van der Waals surface area contributed by atoms with E-state index >= 15 is 0 Å². The molecule has 10 heteroatoms. The van der Waals surface area contributed by atoms with Crippen LogP contribution in [0.15, 0.2) is 66.4 Å². The number of anilines is 2. The first kappa shape index (κ1) is 28.4. The number of rotatable bonds is 9. The minimum absolute atomic E-state index is 0.189. The molecule has 0 unspecified atom stereocenters. The predicted octanol–water partition coefficient (Wildman–Crippen LogP) is 5.19. The normalized spacial score (nSPS) is 13.1. The highest BCUT2D eigenvalue weighted by molar-refractivity contribution is 6.16. The number of carbonyl (C=O) groups is 3. The molecule has 1 aliphatic heterocycles. The number of ether oxygens (including phenoxy) is 2. The van der Waals surface area contributed by atoms with Gasteiger partial charge in [0.15, 0.2) is 5.76 Å². The van der Waals surface area contributed by atoms with Gasteiger partial charge in [0.1, 0.15) is 11.5 Å². The Kier molecular flexibility index (Phi) is 8.26. The SMILES string of the molecule is CCn1c(C)c(/C=C2\Oc3ccc(NC(=O)Nc4ccc(C(=O)NCCNC)cc4)cc3C2=O)c2cc(OC)ccc21. The average Bonchev–Trinajstić information content (AvgIpc) is 3.45. The summed E-state index contributed by atoms with van der Waals surface area (Å²) in [5.41, 5.74) is 4.76. The van der Waals surface area contributed by atoms with E-state index in [1.807, 2.05) is 32.2 Å². The third kappa shape index (κ3) is 5.70. The number of benzene rings is 3. The summed E-state index contributed by atoms with van der Waals surface area (Å²) in [7, 11) is 3.44. The highest BCUT2D eigenvalue weighted by Gasteiger charge is 2.29. The fraction of sp³-hybridized carbons (Fsp3) is 0.219. The number of hydrogen-bond acceptors (Lipinski definition) is 6. The molecule has 0 aliphatic carbocycles. The van der Waals surface area contributed by atoms with Crippen molar-refractivity contribution in [3.05, 3.63) is 88.8 Å². The van der Waals surface area contributed by atoms with Crippen LogP contribution in [0.3, 0.4) is 0 Å². The molecular formula is C32H33N5O5. The number of nitrogens with zero attached hydrogens (tertiary/aromatic N) is 1. The van der Waals surface area contributed by atoms with Crippen LogP contribution in [0, 0.1) is 6.92 Å². The molecule has 2 heterocycles. The van der Waals surface area contributed by atoms with Crippen molar-refractivity contribution in [2.24, 2.45) is 0 Å². The lowest BCUT2D eigenvalue weighted by molar-refractivity contribution is 0.0953. The summed E-state index contributed by atoms with van der Waals surface area (Å²) in [4.78, 5) is 38.2. The fourth-order valence-corrected chi connectivity index (χ4v) is 5.00. The number of fused-ring (bicyclic) bond motifs is 2. The minimum Gasteiger partial charge on any atom is -0.497 e. The third-order valence-electron chi connectivity index (χ3n) is 7.16. The Balaban J connectivity index is 1.29. The molecule has 1 aliphatic rings. The smallest absolute Gasteiger partial charge is 0.323 e. The Morgan fingerprint density at radius 3 is 2.43 bits per heavy atom. The number of methoxy groups -OCH3 is 1. The van der Waals surface area contributed by atoms with Gasteiger partial charge in [0.2, 0.25) is 5.78 Å². The van der Waals surface area contributed by atoms with Crippen molar-refractivity contribution in [3.8, 4) is 11.5 Å². The Hall–Kier alpha value is -5.09. The van der Waals surface area contributed by atoms with Gasteiger partial charge in [-0.2, -0.15) is 0 Å². The first-order chi connectivity index (χ1) is 20.3. The van der Waals surface area contributed by atoms with Crippen molar-refractivity contribution in [1.82, 2.24) is 15.2 Å². The Morgan fingerprint density at radius 1 is 0.976 bits per heavy atom. The van der Waals surface area contributed by atoms with Crippen LogP contribution >= 0.6 is 0 Å². The summed E-state index contributed by atoms with van der Waals surface area (Å²) < 4.78 is 13.6. The number of ketones is 1. The van der Waals surface area contributed by atoms with Crippen LogP contribution in [0.5, 0.6) is 11.5 Å². The second-order valence-electron chi connectivity index (χ2n) is 9.79. The molecule has 10 nitrogen and oxygen atoms in total. The van der Waals surface area contributed by atoms with Crippen LogP contribution in [0.25, 0.3) is 17.0 Å². The van der Waals surface area contributed by atoms with Crippen molar-refractivity contribution < 1.29 is 23.9 Å². The molecule has 0 spiro atoms. The molecule has 0 radical (unpaired) electrons. The van der Waals surface area contributed by atoms with Gasteiger partial charge in [-0.1, -0.05) is 0 Å². The van der Waals surface area contributed by atoms with Crippen LogP contribution in [0.1, 0.15) is 38.9 Å². The topological polar surface area (TPSA) is 123 Å². The van der Waals surface area contributed by atoms with Gasteiger partial charge in [0.05, 0.1) is 12.7 Å². The number of urea groups is 1. The zero-order chi connectivity index (χ0) is 29.8. The highest BCUT2D eigenvalue weighted by atomic mass is 16.5. The summed E-state index contributed by atoms with van der Waals surface area (Å²) >= 11 is 0. The lowest BCUT2D eigenvalue weighted by Gasteiger charge is -2.09. The van der Waals surface area contributed by atoms with Crippen molar-refractivity contribution in [2.75, 3.05) is 37.9 Å². The summed E-state index contributed by atoms with van der Waals surface area (Å²) in [6.45, 7) is 6.06. The summed E-state index contributed by atoms with van der Waals surface area (Å²) in [5.74, 6) is 0.911. The number of nitrogens with one attached hydrogen (secondary N) is 4. The van der Waals surface area contributed by atoms with E-state index < -0.39 is 6.03 Å². The number of carbonyl (C=O) groups excluding carboxylic acids is 3. The van der Waals surface area contributed by atoms with Crippen LogP contribution < -0.4 is 30.7 Å². The molecule has 3 amide bonds. The van der Waals surface area contributed by atoms with E-state index in [0.717, 1.165) is 34.5 Å². The van der Waals surface area contributed by atoms with E-state index in [0.29, 0.717) is 41.3 Å². The number of likely N-dealkylation sites (N-methyl/N-ethyl adjacent to an activating group) is 1. The van der Waals surface area contributed by atoms with E-state index in [9.17, 15) is 14.4 Å². The number of allylic oxidation sites excluding steroid dienone is 1. The van der Waals surface area contributed by atoms with Gasteiger partial charge in [-0.25, -0.2) is 4.79 Å². The van der Waals surface area contributed by atoms with Crippen molar-refractivity contribution in [2.45, 2.75) is 20.4 Å². The van der Waals surface area contributed by atoms with Gasteiger partial charge >= 0.3 is 6.03 Å². The van der Waals surface area contributed by atoms with Gasteiger partial charge in [-0.05, 0) is 87.6 Å². The standard InChI is InChI=1S/C32H33N5O5/c1-5-37-19(2)24(25-17-23(41-4)11-12-27(25)37)18-29-30(38)26-16-22(10-13-28(26)42-29)36-32(40)35-21-8-6-20(7-9-21)31(39)34-15-14-33-3/h6-13,16-18,33H,5,14-15H2,1-4H3,(H,34,39)(H2,35,36,40)/b29-18-. The van der Waals surface area contributed by atoms with E-state index in [1.165, 1.54) is 0 Å². The van der Waals surface area contributed by atoms with Gasteiger partial charge in [0, 0.05) is 58.7 Å². The van der Waals surface area contributed by atoms with Crippen LogP contribution in [-0.4, -0.2) is 49.5 Å². The molecular weight excluding hydrogens is 534 g/mol. The number of Topliss-reactive ketones (excluding diaryl/α,β-unsaturated/α-hetero) is 1. The Bertz CT molecular complexity index is 1700. The largest absolute Gasteiger partial charge is 0.497 e. The predicted molar refractivity (Wildman–Crippen MR) is 164 cm³/mol. The van der Waals surface area contributed by atoms with E-state index in [1.54, 1.807) is 55.7 Å². The summed E-state index contributed by atoms with van der Waals surface area (Å²) in [6, 6.07) is 16.9. The molecule has 0 saturated heterocycles. The van der Waals surface area contributed by atoms with Gasteiger partial charge < -0.3 is 35.3 Å². The number of aromatic nitrogens is 1. The Labute approximate surface area is 243 Å². The second-order valence-corrected chi connectivity index (χ2v) is 9.79. The fourth-order valence-electron chi connectivity index (χ4n) is 5.00. The van der Waals surface area contributed by atoms with Crippen LogP contribution in [0.4, 0.5) is 16.2 Å². The molecule has 5 rings (SSSR count). The molecule has 0 fully saturated rings. The molecule has 0 atom stereocenters. The molecule has 42 heavy (non-hydrogen) atoms.